The summed E-state index contributed by atoms with van der Waals surface area (Å²) in [6, 6.07) is 6.95. The van der Waals surface area contributed by atoms with Gasteiger partial charge in [-0.2, -0.15) is 13.2 Å². The Kier molecular flexibility index (Phi) is 6.92. The van der Waals surface area contributed by atoms with Gasteiger partial charge in [0.15, 0.2) is 0 Å². The molecule has 0 aliphatic rings. The van der Waals surface area contributed by atoms with E-state index in [0.717, 1.165) is 24.4 Å². The first-order chi connectivity index (χ1) is 15.7. The van der Waals surface area contributed by atoms with Gasteiger partial charge in [-0.1, -0.05) is 34.8 Å². The molecule has 0 unspecified atom stereocenters. The smallest absolute Gasteiger partial charge is 0.417 e. The molecule has 7 nitrogen and oxygen atoms in total. The Morgan fingerprint density at radius 3 is 2.32 bits per heavy atom. The number of benzene rings is 2. The average molecular weight is 533 g/mol. The monoisotopic (exact) mass is 532 g/mol. The van der Waals surface area contributed by atoms with Gasteiger partial charge in [0, 0.05) is 11.8 Å². The van der Waals surface area contributed by atoms with Gasteiger partial charge in [-0.05, 0) is 43.3 Å². The number of aromatic carboxylic acids is 1. The van der Waals surface area contributed by atoms with Crippen LogP contribution in [-0.2, 0) is 16.2 Å². The Balaban J connectivity index is 2.10. The number of halogens is 5. The van der Waals surface area contributed by atoms with Crippen molar-refractivity contribution in [3.8, 4) is 0 Å². The number of pyridine rings is 1. The number of hydrogen-bond acceptors (Lipinski definition) is 5. The summed E-state index contributed by atoms with van der Waals surface area (Å²) in [6.45, 7) is 1.61. The third-order valence-corrected chi connectivity index (χ3v) is 6.42. The summed E-state index contributed by atoms with van der Waals surface area (Å²) in [5.41, 5.74) is -2.41. The van der Waals surface area contributed by atoms with Crippen LogP contribution in [0.5, 0.6) is 0 Å². The van der Waals surface area contributed by atoms with Gasteiger partial charge in [0.2, 0.25) is 5.78 Å². The summed E-state index contributed by atoms with van der Waals surface area (Å²) in [4.78, 5) is 27.7. The molecule has 34 heavy (non-hydrogen) atoms. The van der Waals surface area contributed by atoms with E-state index in [1.807, 2.05) is 4.72 Å². The molecule has 3 aromatic rings. The number of nitrogens with zero attached hydrogens (tertiary/aromatic N) is 1. The molecule has 0 aliphatic carbocycles. The van der Waals surface area contributed by atoms with E-state index >= 15 is 0 Å². The third kappa shape index (κ3) is 5.32. The van der Waals surface area contributed by atoms with Crippen LogP contribution in [0.15, 0.2) is 53.6 Å². The lowest BCUT2D eigenvalue weighted by molar-refractivity contribution is -0.137. The van der Waals surface area contributed by atoms with Gasteiger partial charge < -0.3 is 5.11 Å². The summed E-state index contributed by atoms with van der Waals surface area (Å²) >= 11 is 11.4. The van der Waals surface area contributed by atoms with Gasteiger partial charge in [0.05, 0.1) is 31.8 Å². The Morgan fingerprint density at radius 2 is 1.71 bits per heavy atom. The van der Waals surface area contributed by atoms with Crippen LogP contribution in [-0.4, -0.2) is 30.3 Å². The minimum Gasteiger partial charge on any atom is -0.478 e. The van der Waals surface area contributed by atoms with Crippen molar-refractivity contribution in [3.05, 3.63) is 86.7 Å². The highest BCUT2D eigenvalue weighted by atomic mass is 35.5. The number of alkyl halides is 3. The highest BCUT2D eigenvalue weighted by Crippen LogP contribution is 2.36. The second-order valence-corrected chi connectivity index (χ2v) is 9.50. The van der Waals surface area contributed by atoms with Crippen LogP contribution in [0, 0.1) is 6.92 Å². The molecule has 13 heteroatoms. The standard InChI is InChI=1S/C21H13Cl2F3N2O5S/c1-10-2-4-13(14(6-10)20(30)31)19(29)18-17(7-11(22)9-27-18)28-34(32,33)12-3-5-16(23)15(8-12)21(24,25)26/h2-9,28H,1H3,(H,30,31). The molecular formula is C21H13Cl2F3N2O5S. The number of aromatic nitrogens is 1. The number of carbonyl (C=O) groups is 2. The number of rotatable bonds is 6. The Bertz CT molecular complexity index is 1430. The molecule has 1 aromatic heterocycles. The molecule has 3 rings (SSSR count). The molecule has 178 valence electrons. The summed E-state index contributed by atoms with van der Waals surface area (Å²) in [5.74, 6) is -2.34. The number of carbonyl (C=O) groups excluding carboxylic acids is 1. The van der Waals surface area contributed by atoms with E-state index < -0.39 is 54.8 Å². The Hall–Kier alpha value is -3.15. The SMILES string of the molecule is Cc1ccc(C(=O)c2ncc(Cl)cc2NS(=O)(=O)c2ccc(Cl)c(C(F)(F)F)c2)c(C(=O)O)c1. The van der Waals surface area contributed by atoms with Crippen LogP contribution in [0.3, 0.4) is 0 Å². The number of hydrogen-bond donors (Lipinski definition) is 2. The van der Waals surface area contributed by atoms with Crippen molar-refractivity contribution >= 4 is 50.7 Å². The molecule has 1 heterocycles. The molecule has 0 atom stereocenters. The van der Waals surface area contributed by atoms with Crippen molar-refractivity contribution in [2.45, 2.75) is 18.0 Å². The van der Waals surface area contributed by atoms with E-state index in [0.29, 0.717) is 11.6 Å². The van der Waals surface area contributed by atoms with E-state index in [9.17, 15) is 36.3 Å². The topological polar surface area (TPSA) is 113 Å². The number of sulfonamides is 1. The van der Waals surface area contributed by atoms with Crippen LogP contribution >= 0.6 is 23.2 Å². The van der Waals surface area contributed by atoms with Crippen LogP contribution in [0.25, 0.3) is 0 Å². The molecule has 2 N–H and O–H groups in total. The lowest BCUT2D eigenvalue weighted by atomic mass is 9.98. The van der Waals surface area contributed by atoms with Crippen molar-refractivity contribution in [2.75, 3.05) is 4.72 Å². The molecule has 2 aromatic carbocycles. The first-order valence-electron chi connectivity index (χ1n) is 9.14. The molecule has 0 bridgehead atoms. The highest BCUT2D eigenvalue weighted by Gasteiger charge is 2.35. The summed E-state index contributed by atoms with van der Waals surface area (Å²) < 4.78 is 67.2. The van der Waals surface area contributed by atoms with E-state index in [1.165, 1.54) is 18.2 Å². The zero-order chi connectivity index (χ0) is 25.4. The largest absolute Gasteiger partial charge is 0.478 e. The van der Waals surface area contributed by atoms with Crippen molar-refractivity contribution in [1.29, 1.82) is 0 Å². The van der Waals surface area contributed by atoms with Gasteiger partial charge in [0.1, 0.15) is 5.69 Å². The van der Waals surface area contributed by atoms with E-state index in [-0.39, 0.29) is 16.1 Å². The Morgan fingerprint density at radius 1 is 1.03 bits per heavy atom. The number of aryl methyl sites for hydroxylation is 1. The summed E-state index contributed by atoms with van der Waals surface area (Å²) in [6.07, 6.45) is -3.88. The van der Waals surface area contributed by atoms with Crippen LogP contribution in [0.4, 0.5) is 18.9 Å². The molecular weight excluding hydrogens is 520 g/mol. The number of ketones is 1. The number of nitrogens with one attached hydrogen (secondary N) is 1. The van der Waals surface area contributed by atoms with Gasteiger partial charge in [0.25, 0.3) is 10.0 Å². The molecule has 0 radical (unpaired) electrons. The van der Waals surface area contributed by atoms with Crippen LogP contribution < -0.4 is 4.72 Å². The predicted octanol–water partition coefficient (Wildman–Crippen LogP) is 5.45. The van der Waals surface area contributed by atoms with Crippen LogP contribution in [0.1, 0.15) is 37.5 Å². The zero-order valence-electron chi connectivity index (χ0n) is 16.9. The predicted molar refractivity (Wildman–Crippen MR) is 118 cm³/mol. The van der Waals surface area contributed by atoms with Crippen molar-refractivity contribution in [3.63, 3.8) is 0 Å². The number of carboxylic acids is 1. The van der Waals surface area contributed by atoms with Gasteiger partial charge in [-0.25, -0.2) is 18.2 Å². The van der Waals surface area contributed by atoms with Gasteiger partial charge >= 0.3 is 12.1 Å². The van der Waals surface area contributed by atoms with Crippen molar-refractivity contribution < 1.29 is 36.3 Å². The van der Waals surface area contributed by atoms with E-state index in [4.69, 9.17) is 23.2 Å². The first-order valence-corrected chi connectivity index (χ1v) is 11.4. The number of carboxylic acid groups (broad SMARTS) is 1. The van der Waals surface area contributed by atoms with Gasteiger partial charge in [-0.3, -0.25) is 9.52 Å². The lowest BCUT2D eigenvalue weighted by Gasteiger charge is -2.15. The van der Waals surface area contributed by atoms with Crippen molar-refractivity contribution in [2.24, 2.45) is 0 Å². The second kappa shape index (κ2) is 9.24. The highest BCUT2D eigenvalue weighted by molar-refractivity contribution is 7.92. The molecule has 0 fully saturated rings. The normalized spacial score (nSPS) is 11.8. The third-order valence-electron chi connectivity index (χ3n) is 4.52. The summed E-state index contributed by atoms with van der Waals surface area (Å²) in [5, 5.41) is 8.65. The van der Waals surface area contributed by atoms with Crippen LogP contribution in [0.2, 0.25) is 10.0 Å². The fraction of sp³-hybridized carbons (Fsp3) is 0.0952. The maximum absolute atomic E-state index is 13.2. The maximum atomic E-state index is 13.2. The van der Waals surface area contributed by atoms with E-state index in [2.05, 4.69) is 4.98 Å². The lowest BCUT2D eigenvalue weighted by Crippen LogP contribution is -2.19. The minimum atomic E-state index is -4.92. The molecule has 0 amide bonds. The van der Waals surface area contributed by atoms with Gasteiger partial charge in [-0.15, -0.1) is 0 Å². The summed E-state index contributed by atoms with van der Waals surface area (Å²) in [7, 11) is -4.68. The fourth-order valence-corrected chi connectivity index (χ4v) is 4.42. The first kappa shape index (κ1) is 25.5. The average Bonchev–Trinajstić information content (AvgIpc) is 2.72. The van der Waals surface area contributed by atoms with Crippen molar-refractivity contribution in [1.82, 2.24) is 4.98 Å². The molecule has 0 saturated heterocycles. The van der Waals surface area contributed by atoms with E-state index in [1.54, 1.807) is 6.92 Å². The quantitative estimate of drug-likeness (QED) is 0.408. The second-order valence-electron chi connectivity index (χ2n) is 6.98. The maximum Gasteiger partial charge on any atom is 0.417 e. The number of anilines is 1. The Labute approximate surface area is 201 Å². The fourth-order valence-electron chi connectivity index (χ4n) is 2.95. The molecule has 0 saturated carbocycles. The molecule has 0 spiro atoms. The molecule has 0 aliphatic heterocycles. The zero-order valence-corrected chi connectivity index (χ0v) is 19.3. The minimum absolute atomic E-state index is 0.0938.